The number of carbonyl (C=O) groups excluding carboxylic acids is 2. The molecule has 1 aliphatic carbocycles. The highest BCUT2D eigenvalue weighted by Crippen LogP contribution is 2.25. The molecule has 0 aromatic heterocycles. The predicted molar refractivity (Wildman–Crippen MR) is 99.6 cm³/mol. The van der Waals surface area contributed by atoms with Gasteiger partial charge in [0, 0.05) is 37.9 Å². The number of aliphatic hydroxyl groups excluding tert-OH is 2. The second kappa shape index (κ2) is 8.24. The summed E-state index contributed by atoms with van der Waals surface area (Å²) in [6.07, 6.45) is -1.90. The van der Waals surface area contributed by atoms with E-state index in [1.54, 1.807) is 12.1 Å². The molecule has 2 fully saturated rings. The van der Waals surface area contributed by atoms with Gasteiger partial charge in [0.05, 0.1) is 12.5 Å². The van der Waals surface area contributed by atoms with Crippen LogP contribution in [0.5, 0.6) is 0 Å². The molecule has 1 saturated heterocycles. The quantitative estimate of drug-likeness (QED) is 0.517. The minimum Gasteiger partial charge on any atom is -0.388 e. The molecule has 4 atom stereocenters. The van der Waals surface area contributed by atoms with Gasteiger partial charge in [0.1, 0.15) is 18.3 Å². The Morgan fingerprint density at radius 3 is 2.33 bits per heavy atom. The van der Waals surface area contributed by atoms with Crippen molar-refractivity contribution in [3.05, 3.63) is 29.8 Å². The average Bonchev–Trinajstić information content (AvgIpc) is 3.42. The van der Waals surface area contributed by atoms with Crippen molar-refractivity contribution in [2.24, 2.45) is 0 Å². The highest BCUT2D eigenvalue weighted by Gasteiger charge is 2.43. The maximum absolute atomic E-state index is 12.3. The minimum atomic E-state index is -1.16. The number of nitrogens with zero attached hydrogens (tertiary/aromatic N) is 1. The van der Waals surface area contributed by atoms with Crippen molar-refractivity contribution < 1.29 is 24.5 Å². The molecule has 0 spiro atoms. The zero-order valence-electron chi connectivity index (χ0n) is 15.6. The SMILES string of the molecule is CN(C)c1ccc(C(=O)NCC2OC(CC(=O)NC3CC3)C(O)C2O)cc1. The Morgan fingerprint density at radius 1 is 1.11 bits per heavy atom. The number of nitrogens with one attached hydrogen (secondary N) is 2. The number of anilines is 1. The van der Waals surface area contributed by atoms with E-state index < -0.39 is 24.4 Å². The summed E-state index contributed by atoms with van der Waals surface area (Å²) < 4.78 is 5.61. The third-order valence-corrected chi connectivity index (χ3v) is 4.90. The number of rotatable bonds is 7. The number of hydrogen-bond donors (Lipinski definition) is 4. The van der Waals surface area contributed by atoms with Gasteiger partial charge in [-0.1, -0.05) is 0 Å². The molecule has 148 valence electrons. The third-order valence-electron chi connectivity index (χ3n) is 4.90. The Bertz CT molecular complexity index is 674. The number of hydrogen-bond acceptors (Lipinski definition) is 6. The van der Waals surface area contributed by atoms with Crippen molar-refractivity contribution >= 4 is 17.5 Å². The summed E-state index contributed by atoms with van der Waals surface area (Å²) in [7, 11) is 3.83. The third kappa shape index (κ3) is 4.97. The van der Waals surface area contributed by atoms with Crippen LogP contribution in [0, 0.1) is 0 Å². The van der Waals surface area contributed by atoms with E-state index in [1.165, 1.54) is 0 Å². The summed E-state index contributed by atoms with van der Waals surface area (Å²) in [5.74, 6) is -0.486. The first-order chi connectivity index (χ1) is 12.8. The predicted octanol–water partition coefficient (Wildman–Crippen LogP) is -0.360. The van der Waals surface area contributed by atoms with Crippen LogP contribution in [0.4, 0.5) is 5.69 Å². The number of benzene rings is 1. The molecule has 1 aromatic carbocycles. The van der Waals surface area contributed by atoms with Crippen molar-refractivity contribution in [2.45, 2.75) is 49.7 Å². The second-order valence-electron chi connectivity index (χ2n) is 7.39. The van der Waals surface area contributed by atoms with E-state index in [-0.39, 0.29) is 30.8 Å². The van der Waals surface area contributed by atoms with Crippen molar-refractivity contribution in [2.75, 3.05) is 25.5 Å². The molecular formula is C19H27N3O5. The largest absolute Gasteiger partial charge is 0.388 e. The van der Waals surface area contributed by atoms with Crippen LogP contribution in [0.3, 0.4) is 0 Å². The van der Waals surface area contributed by atoms with Gasteiger partial charge in [-0.15, -0.1) is 0 Å². The maximum atomic E-state index is 12.3. The van der Waals surface area contributed by atoms with Crippen molar-refractivity contribution in [1.82, 2.24) is 10.6 Å². The highest BCUT2D eigenvalue weighted by atomic mass is 16.5. The first kappa shape index (κ1) is 19.6. The van der Waals surface area contributed by atoms with Crippen LogP contribution < -0.4 is 15.5 Å². The summed E-state index contributed by atoms with van der Waals surface area (Å²) >= 11 is 0. The first-order valence-corrected chi connectivity index (χ1v) is 9.21. The molecule has 2 amide bonds. The van der Waals surface area contributed by atoms with E-state index >= 15 is 0 Å². The fourth-order valence-electron chi connectivity index (χ4n) is 3.07. The van der Waals surface area contributed by atoms with Gasteiger partial charge < -0.3 is 30.5 Å². The average molecular weight is 377 g/mol. The molecule has 1 heterocycles. The first-order valence-electron chi connectivity index (χ1n) is 9.21. The molecule has 4 N–H and O–H groups in total. The van der Waals surface area contributed by atoms with E-state index in [4.69, 9.17) is 4.74 Å². The van der Waals surface area contributed by atoms with Gasteiger partial charge in [-0.2, -0.15) is 0 Å². The number of carbonyl (C=O) groups is 2. The monoisotopic (exact) mass is 377 g/mol. The van der Waals surface area contributed by atoms with E-state index in [1.807, 2.05) is 31.1 Å². The van der Waals surface area contributed by atoms with Gasteiger partial charge >= 0.3 is 0 Å². The molecule has 0 radical (unpaired) electrons. The van der Waals surface area contributed by atoms with Gasteiger partial charge in [-0.05, 0) is 37.1 Å². The number of ether oxygens (including phenoxy) is 1. The Balaban J connectivity index is 1.49. The summed E-state index contributed by atoms with van der Waals surface area (Å²) in [5.41, 5.74) is 1.48. The zero-order chi connectivity index (χ0) is 19.6. The lowest BCUT2D eigenvalue weighted by molar-refractivity contribution is -0.125. The molecule has 1 aromatic rings. The van der Waals surface area contributed by atoms with Gasteiger partial charge in [-0.3, -0.25) is 9.59 Å². The molecule has 3 rings (SSSR count). The van der Waals surface area contributed by atoms with Gasteiger partial charge in [0.25, 0.3) is 5.91 Å². The van der Waals surface area contributed by atoms with Crippen LogP contribution >= 0.6 is 0 Å². The van der Waals surface area contributed by atoms with E-state index in [0.717, 1.165) is 18.5 Å². The Kier molecular flexibility index (Phi) is 5.98. The normalized spacial score (nSPS) is 27.3. The molecule has 2 aliphatic rings. The van der Waals surface area contributed by atoms with E-state index in [0.29, 0.717) is 5.56 Å². The Labute approximate surface area is 158 Å². The fourth-order valence-corrected chi connectivity index (χ4v) is 3.07. The van der Waals surface area contributed by atoms with Crippen molar-refractivity contribution in [3.63, 3.8) is 0 Å². The lowest BCUT2D eigenvalue weighted by Gasteiger charge is -2.16. The van der Waals surface area contributed by atoms with Crippen LogP contribution in [-0.2, 0) is 9.53 Å². The van der Waals surface area contributed by atoms with E-state index in [2.05, 4.69) is 10.6 Å². The van der Waals surface area contributed by atoms with Crippen molar-refractivity contribution in [1.29, 1.82) is 0 Å². The topological polar surface area (TPSA) is 111 Å². The Morgan fingerprint density at radius 2 is 1.74 bits per heavy atom. The van der Waals surface area contributed by atoms with Gasteiger partial charge in [-0.25, -0.2) is 0 Å². The highest BCUT2D eigenvalue weighted by molar-refractivity contribution is 5.94. The van der Waals surface area contributed by atoms with Crippen LogP contribution in [0.2, 0.25) is 0 Å². The maximum Gasteiger partial charge on any atom is 0.251 e. The Hall–Kier alpha value is -2.16. The van der Waals surface area contributed by atoms with E-state index in [9.17, 15) is 19.8 Å². The fraction of sp³-hybridized carbons (Fsp3) is 0.579. The molecule has 4 unspecified atom stereocenters. The molecule has 8 nitrogen and oxygen atoms in total. The summed E-state index contributed by atoms with van der Waals surface area (Å²) in [5, 5.41) is 25.8. The van der Waals surface area contributed by atoms with Crippen LogP contribution in [-0.4, -0.2) is 73.1 Å². The molecule has 8 heteroatoms. The molecule has 27 heavy (non-hydrogen) atoms. The number of aliphatic hydroxyl groups is 2. The second-order valence-corrected chi connectivity index (χ2v) is 7.39. The molecule has 1 aliphatic heterocycles. The lowest BCUT2D eigenvalue weighted by Crippen LogP contribution is -2.40. The van der Waals surface area contributed by atoms with Gasteiger partial charge in [0.15, 0.2) is 0 Å². The zero-order valence-corrected chi connectivity index (χ0v) is 15.6. The van der Waals surface area contributed by atoms with Crippen LogP contribution in [0.1, 0.15) is 29.6 Å². The molecular weight excluding hydrogens is 350 g/mol. The van der Waals surface area contributed by atoms with Crippen LogP contribution in [0.25, 0.3) is 0 Å². The van der Waals surface area contributed by atoms with Crippen LogP contribution in [0.15, 0.2) is 24.3 Å². The molecule has 0 bridgehead atoms. The summed E-state index contributed by atoms with van der Waals surface area (Å²) in [6.45, 7) is 0.0488. The lowest BCUT2D eigenvalue weighted by atomic mass is 10.1. The van der Waals surface area contributed by atoms with Crippen molar-refractivity contribution in [3.8, 4) is 0 Å². The standard InChI is InChI=1S/C19H27N3O5/c1-22(2)13-7-3-11(4-8-13)19(26)20-10-15-18(25)17(24)14(27-15)9-16(23)21-12-5-6-12/h3-4,7-8,12,14-15,17-18,24-25H,5-6,9-10H2,1-2H3,(H,20,26)(H,21,23). The number of amides is 2. The minimum absolute atomic E-state index is 0.00876. The molecule has 1 saturated carbocycles. The summed E-state index contributed by atoms with van der Waals surface area (Å²) in [4.78, 5) is 26.1. The van der Waals surface area contributed by atoms with Gasteiger partial charge in [0.2, 0.25) is 5.91 Å². The smallest absolute Gasteiger partial charge is 0.251 e. The summed E-state index contributed by atoms with van der Waals surface area (Å²) in [6, 6.07) is 7.35.